The van der Waals surface area contributed by atoms with E-state index in [1.807, 2.05) is 19.1 Å². The van der Waals surface area contributed by atoms with Crippen molar-refractivity contribution in [1.82, 2.24) is 4.98 Å². The minimum Gasteiger partial charge on any atom is -0.324 e. The summed E-state index contributed by atoms with van der Waals surface area (Å²) in [5.41, 5.74) is 7.76. The summed E-state index contributed by atoms with van der Waals surface area (Å²) in [5, 5.41) is -0.248. The van der Waals surface area contributed by atoms with E-state index in [1.54, 1.807) is 6.20 Å². The number of rotatable bonds is 3. The highest BCUT2D eigenvalue weighted by Gasteiger charge is 2.16. The fraction of sp³-hybridized carbons (Fsp3) is 0.214. The van der Waals surface area contributed by atoms with Gasteiger partial charge in [0.2, 0.25) is 0 Å². The fourth-order valence-corrected chi connectivity index (χ4v) is 2.02. The van der Waals surface area contributed by atoms with Crippen molar-refractivity contribution in [3.63, 3.8) is 0 Å². The van der Waals surface area contributed by atoms with Gasteiger partial charge in [-0.3, -0.25) is 4.98 Å². The van der Waals surface area contributed by atoms with Crippen LogP contribution < -0.4 is 5.73 Å². The molecule has 0 fully saturated rings. The van der Waals surface area contributed by atoms with E-state index in [0.29, 0.717) is 6.42 Å². The van der Waals surface area contributed by atoms with E-state index in [-0.39, 0.29) is 10.6 Å². The van der Waals surface area contributed by atoms with Crippen LogP contribution in [0.3, 0.4) is 0 Å². The number of aromatic nitrogens is 1. The summed E-state index contributed by atoms with van der Waals surface area (Å²) in [6.45, 7) is 1.90. The third-order valence-corrected chi connectivity index (χ3v) is 3.26. The number of halogens is 3. The summed E-state index contributed by atoms with van der Waals surface area (Å²) < 4.78 is 27.1. The molecule has 0 aliphatic rings. The maximum absolute atomic E-state index is 13.7. The second-order valence-corrected chi connectivity index (χ2v) is 4.77. The molecule has 1 aromatic heterocycles. The Labute approximate surface area is 115 Å². The van der Waals surface area contributed by atoms with Crippen molar-refractivity contribution >= 4 is 11.6 Å². The number of nitrogens with two attached hydrogens (primary N) is 1. The van der Waals surface area contributed by atoms with E-state index in [9.17, 15) is 8.78 Å². The predicted octanol–water partition coefficient (Wildman–Crippen LogP) is 3.56. The molecule has 5 heteroatoms. The van der Waals surface area contributed by atoms with Crippen LogP contribution in [0.2, 0.25) is 5.02 Å². The molecular formula is C14H13ClF2N2. The molecule has 100 valence electrons. The molecule has 0 spiro atoms. The Morgan fingerprint density at radius 3 is 2.74 bits per heavy atom. The Morgan fingerprint density at radius 1 is 1.32 bits per heavy atom. The van der Waals surface area contributed by atoms with Gasteiger partial charge in [0, 0.05) is 29.9 Å². The molecule has 1 heterocycles. The van der Waals surface area contributed by atoms with Crippen molar-refractivity contribution in [2.75, 3.05) is 0 Å². The highest BCUT2D eigenvalue weighted by molar-refractivity contribution is 6.30. The van der Waals surface area contributed by atoms with Crippen molar-refractivity contribution in [3.8, 4) is 0 Å². The predicted molar refractivity (Wildman–Crippen MR) is 71.0 cm³/mol. The normalized spacial score (nSPS) is 12.5. The second-order valence-electron chi connectivity index (χ2n) is 4.37. The lowest BCUT2D eigenvalue weighted by Gasteiger charge is -2.14. The van der Waals surface area contributed by atoms with Gasteiger partial charge >= 0.3 is 0 Å². The average Bonchev–Trinajstić information content (AvgIpc) is 2.36. The van der Waals surface area contributed by atoms with E-state index in [1.165, 1.54) is 0 Å². The molecule has 0 aliphatic heterocycles. The molecule has 1 aromatic carbocycles. The van der Waals surface area contributed by atoms with E-state index in [4.69, 9.17) is 17.3 Å². The minimum atomic E-state index is -0.675. The summed E-state index contributed by atoms with van der Waals surface area (Å²) in [6, 6.07) is 5.03. The monoisotopic (exact) mass is 282 g/mol. The van der Waals surface area contributed by atoms with Crippen LogP contribution in [0.15, 0.2) is 30.5 Å². The molecular weight excluding hydrogens is 270 g/mol. The lowest BCUT2D eigenvalue weighted by molar-refractivity contribution is 0.559. The van der Waals surface area contributed by atoms with Gasteiger partial charge in [-0.05, 0) is 30.7 Å². The Bertz CT molecular complexity index is 602. The fourth-order valence-electron chi connectivity index (χ4n) is 1.87. The van der Waals surface area contributed by atoms with Crippen molar-refractivity contribution < 1.29 is 8.78 Å². The average molecular weight is 283 g/mol. The number of aryl methyl sites for hydroxylation is 1. The Hall–Kier alpha value is -1.52. The van der Waals surface area contributed by atoms with Crippen LogP contribution in [-0.4, -0.2) is 4.98 Å². The van der Waals surface area contributed by atoms with Gasteiger partial charge in [-0.25, -0.2) is 8.78 Å². The van der Waals surface area contributed by atoms with Gasteiger partial charge in [0.25, 0.3) is 0 Å². The maximum atomic E-state index is 13.7. The summed E-state index contributed by atoms with van der Waals surface area (Å²) in [4.78, 5) is 4.19. The molecule has 0 amide bonds. The molecule has 0 aliphatic carbocycles. The van der Waals surface area contributed by atoms with Crippen LogP contribution in [0.25, 0.3) is 0 Å². The van der Waals surface area contributed by atoms with Crippen LogP contribution in [0.4, 0.5) is 8.78 Å². The molecule has 19 heavy (non-hydrogen) atoms. The van der Waals surface area contributed by atoms with E-state index < -0.39 is 17.7 Å². The maximum Gasteiger partial charge on any atom is 0.142 e. The van der Waals surface area contributed by atoms with Gasteiger partial charge in [-0.15, -0.1) is 0 Å². The number of hydrogen-bond acceptors (Lipinski definition) is 2. The third-order valence-electron chi connectivity index (χ3n) is 2.97. The van der Waals surface area contributed by atoms with Crippen molar-refractivity contribution in [2.45, 2.75) is 19.4 Å². The van der Waals surface area contributed by atoms with E-state index >= 15 is 0 Å². The molecule has 1 unspecified atom stereocenters. The first-order chi connectivity index (χ1) is 8.99. The molecule has 1 atom stereocenters. The first kappa shape index (κ1) is 13.9. The third kappa shape index (κ3) is 3.08. The lowest BCUT2D eigenvalue weighted by atomic mass is 10.00. The standard InChI is InChI=1S/C14H13ClF2N2/c1-8-3-2-4-19-14(8)7-13(18)9-5-12(17)10(15)6-11(9)16/h2-6,13H,7,18H2,1H3. The van der Waals surface area contributed by atoms with Gasteiger partial charge in [0.1, 0.15) is 11.6 Å². The zero-order valence-electron chi connectivity index (χ0n) is 10.3. The summed E-state index contributed by atoms with van der Waals surface area (Å²) >= 11 is 5.51. The van der Waals surface area contributed by atoms with Crippen LogP contribution in [0, 0.1) is 18.6 Å². The largest absolute Gasteiger partial charge is 0.324 e. The van der Waals surface area contributed by atoms with Crippen molar-refractivity contribution in [3.05, 3.63) is 63.9 Å². The molecule has 0 radical (unpaired) electrons. The Kier molecular flexibility index (Phi) is 4.12. The number of nitrogens with zero attached hydrogens (tertiary/aromatic N) is 1. The first-order valence-corrected chi connectivity index (χ1v) is 6.17. The van der Waals surface area contributed by atoms with Gasteiger partial charge in [0.15, 0.2) is 0 Å². The summed E-state index contributed by atoms with van der Waals surface area (Å²) in [5.74, 6) is -1.28. The molecule has 0 saturated heterocycles. The Balaban J connectivity index is 2.28. The van der Waals surface area contributed by atoms with E-state index in [2.05, 4.69) is 4.98 Å². The van der Waals surface area contributed by atoms with Gasteiger partial charge in [-0.2, -0.15) is 0 Å². The van der Waals surface area contributed by atoms with Crippen LogP contribution in [0.1, 0.15) is 22.9 Å². The number of pyridine rings is 1. The second kappa shape index (κ2) is 5.63. The van der Waals surface area contributed by atoms with Gasteiger partial charge < -0.3 is 5.73 Å². The SMILES string of the molecule is Cc1cccnc1CC(N)c1cc(F)c(Cl)cc1F. The van der Waals surface area contributed by atoms with Crippen LogP contribution in [-0.2, 0) is 6.42 Å². The molecule has 0 bridgehead atoms. The molecule has 2 aromatic rings. The van der Waals surface area contributed by atoms with Crippen molar-refractivity contribution in [2.24, 2.45) is 5.73 Å². The first-order valence-electron chi connectivity index (χ1n) is 5.79. The summed E-state index contributed by atoms with van der Waals surface area (Å²) in [7, 11) is 0. The van der Waals surface area contributed by atoms with Crippen molar-refractivity contribution in [1.29, 1.82) is 0 Å². The lowest BCUT2D eigenvalue weighted by Crippen LogP contribution is -2.16. The smallest absolute Gasteiger partial charge is 0.142 e. The molecule has 0 saturated carbocycles. The van der Waals surface area contributed by atoms with E-state index in [0.717, 1.165) is 23.4 Å². The summed E-state index contributed by atoms with van der Waals surface area (Å²) in [6.07, 6.45) is 1.98. The zero-order valence-corrected chi connectivity index (χ0v) is 11.1. The minimum absolute atomic E-state index is 0.104. The number of benzene rings is 1. The van der Waals surface area contributed by atoms with Crippen LogP contribution in [0.5, 0.6) is 0 Å². The topological polar surface area (TPSA) is 38.9 Å². The Morgan fingerprint density at radius 2 is 2.05 bits per heavy atom. The number of hydrogen-bond donors (Lipinski definition) is 1. The van der Waals surface area contributed by atoms with Gasteiger partial charge in [-0.1, -0.05) is 17.7 Å². The molecule has 2 rings (SSSR count). The molecule has 2 nitrogen and oxygen atoms in total. The quantitative estimate of drug-likeness (QED) is 0.874. The highest BCUT2D eigenvalue weighted by atomic mass is 35.5. The zero-order chi connectivity index (χ0) is 14.0. The van der Waals surface area contributed by atoms with Crippen LogP contribution >= 0.6 is 11.6 Å². The highest BCUT2D eigenvalue weighted by Crippen LogP contribution is 2.25. The van der Waals surface area contributed by atoms with Gasteiger partial charge in [0.05, 0.1) is 5.02 Å². The molecule has 2 N–H and O–H groups in total.